The maximum absolute atomic E-state index is 13.1. The zero-order valence-corrected chi connectivity index (χ0v) is 24.0. The van der Waals surface area contributed by atoms with E-state index in [2.05, 4.69) is 47.2 Å². The Hall–Kier alpha value is -4.97. The van der Waals surface area contributed by atoms with E-state index in [1.165, 1.54) is 24.3 Å². The number of tetrazole rings is 1. The molecule has 0 spiro atoms. The van der Waals surface area contributed by atoms with Crippen LogP contribution in [0.25, 0.3) is 0 Å². The molecule has 18 nitrogen and oxygen atoms in total. The molecule has 0 saturated carbocycles. The van der Waals surface area contributed by atoms with Gasteiger partial charge in [0.15, 0.2) is 0 Å². The number of aromatic nitrogens is 4. The number of H-pyrrole nitrogens is 1. The Kier molecular flexibility index (Phi) is 12.6. The van der Waals surface area contributed by atoms with Crippen LogP contribution in [-0.4, -0.2) is 104 Å². The zero-order valence-electron chi connectivity index (χ0n) is 24.0. The van der Waals surface area contributed by atoms with Crippen molar-refractivity contribution in [3.8, 4) is 0 Å². The molecule has 0 fully saturated rings. The number of aliphatic hydroxyl groups excluding tert-OH is 1. The summed E-state index contributed by atoms with van der Waals surface area (Å²) in [4.78, 5) is 74.0. The largest absolute Gasteiger partial charge is 0.478 e. The van der Waals surface area contributed by atoms with Crippen LogP contribution < -0.4 is 32.3 Å². The number of benzene rings is 1. The van der Waals surface area contributed by atoms with Gasteiger partial charge in [-0.25, -0.2) is 4.79 Å². The van der Waals surface area contributed by atoms with Gasteiger partial charge in [0, 0.05) is 12.2 Å². The number of carbonyl (C=O) groups excluding carboxylic acids is 5. The Morgan fingerprint density at radius 2 is 1.51 bits per heavy atom. The van der Waals surface area contributed by atoms with Gasteiger partial charge in [0.1, 0.15) is 24.2 Å². The van der Waals surface area contributed by atoms with Crippen molar-refractivity contribution >= 4 is 41.2 Å². The number of rotatable bonds is 15. The summed E-state index contributed by atoms with van der Waals surface area (Å²) in [6.07, 6.45) is -1.69. The third kappa shape index (κ3) is 10.4. The average molecular weight is 605 g/mol. The summed E-state index contributed by atoms with van der Waals surface area (Å²) in [6, 6.07) is 1.96. The van der Waals surface area contributed by atoms with Crippen LogP contribution in [0.3, 0.4) is 0 Å². The highest BCUT2D eigenvalue weighted by Crippen LogP contribution is 2.11. The summed E-state index contributed by atoms with van der Waals surface area (Å²) < 4.78 is 0. The lowest BCUT2D eigenvalue weighted by Crippen LogP contribution is -2.59. The lowest BCUT2D eigenvalue weighted by atomic mass is 9.99. The van der Waals surface area contributed by atoms with Crippen molar-refractivity contribution in [2.24, 2.45) is 17.6 Å². The number of amides is 5. The number of aliphatic hydroxyl groups is 1. The standard InChI is InChI=1S/C25H36N10O8/c1-11(2)17(22(39)28-10-16(36)21(38)29-14-7-5-6-13(8-14)25(42)43)31-23(40)18(12(3)4)30-20(37)15(26)9-27-24(41)19-32-34-35-33-19/h5-8,11-12,15-18,36H,9-10,26H2,1-4H3,(H,27,41)(H,28,39)(H,29,38)(H,30,37)(H,31,40)(H,42,43)(H,32,33,34,35)/t15-,16?,17-,18-/m0/s1. The average Bonchev–Trinajstić information content (AvgIpc) is 3.50. The topological polar surface area (TPSA) is 284 Å². The van der Waals surface area contributed by atoms with Crippen molar-refractivity contribution in [2.45, 2.75) is 51.9 Å². The van der Waals surface area contributed by atoms with Crippen LogP contribution in [0, 0.1) is 11.8 Å². The van der Waals surface area contributed by atoms with E-state index in [4.69, 9.17) is 10.8 Å². The fraction of sp³-hybridized carbons (Fsp3) is 0.480. The number of nitrogens with one attached hydrogen (secondary N) is 6. The molecule has 1 heterocycles. The Morgan fingerprint density at radius 1 is 0.884 bits per heavy atom. The van der Waals surface area contributed by atoms with Crippen molar-refractivity contribution < 1.29 is 39.0 Å². The van der Waals surface area contributed by atoms with Gasteiger partial charge in [-0.05, 0) is 35.2 Å². The second kappa shape index (κ2) is 15.9. The molecule has 0 aliphatic heterocycles. The monoisotopic (exact) mass is 604 g/mol. The SMILES string of the molecule is CC(C)[C@H](NC(=O)[C@@H](NC(=O)[C@@H](N)CNC(=O)c1nn[nH]n1)C(C)C)C(=O)NCC(O)C(=O)Nc1cccc(C(=O)O)c1. The summed E-state index contributed by atoms with van der Waals surface area (Å²) >= 11 is 0. The first kappa shape index (κ1) is 34.2. The first-order valence-corrected chi connectivity index (χ1v) is 13.2. The smallest absolute Gasteiger partial charge is 0.335 e. The molecule has 18 heteroatoms. The van der Waals surface area contributed by atoms with E-state index < -0.39 is 78.1 Å². The summed E-state index contributed by atoms with van der Waals surface area (Å²) in [6.45, 7) is 5.86. The molecular weight excluding hydrogens is 568 g/mol. The minimum atomic E-state index is -1.69. The second-order valence-corrected chi connectivity index (χ2v) is 10.1. The number of hydrogen-bond donors (Lipinski definition) is 9. The molecule has 1 aromatic heterocycles. The molecule has 4 atom stereocenters. The number of nitrogens with zero attached hydrogens (tertiary/aromatic N) is 3. The van der Waals surface area contributed by atoms with Crippen molar-refractivity contribution in [3.63, 3.8) is 0 Å². The zero-order chi connectivity index (χ0) is 32.3. The molecule has 2 rings (SSSR count). The van der Waals surface area contributed by atoms with E-state index in [-0.39, 0.29) is 23.6 Å². The molecule has 0 aliphatic carbocycles. The van der Waals surface area contributed by atoms with E-state index in [1.54, 1.807) is 27.7 Å². The Labute approximate surface area is 245 Å². The van der Waals surface area contributed by atoms with Crippen LogP contribution >= 0.6 is 0 Å². The van der Waals surface area contributed by atoms with Crippen LogP contribution in [0.2, 0.25) is 0 Å². The Morgan fingerprint density at radius 3 is 2.09 bits per heavy atom. The Balaban J connectivity index is 1.93. The van der Waals surface area contributed by atoms with Crippen molar-refractivity contribution in [3.05, 3.63) is 35.7 Å². The molecule has 0 aliphatic rings. The molecule has 5 amide bonds. The number of anilines is 1. The van der Waals surface area contributed by atoms with Crippen LogP contribution in [0.5, 0.6) is 0 Å². The molecule has 0 radical (unpaired) electrons. The van der Waals surface area contributed by atoms with E-state index in [0.717, 1.165) is 0 Å². The van der Waals surface area contributed by atoms with Crippen LogP contribution in [0.15, 0.2) is 24.3 Å². The summed E-state index contributed by atoms with van der Waals surface area (Å²) in [5, 5.41) is 43.9. The summed E-state index contributed by atoms with van der Waals surface area (Å²) in [7, 11) is 0. The van der Waals surface area contributed by atoms with Gasteiger partial charge in [-0.2, -0.15) is 5.21 Å². The number of carbonyl (C=O) groups is 6. The van der Waals surface area contributed by atoms with Gasteiger partial charge in [0.05, 0.1) is 12.1 Å². The van der Waals surface area contributed by atoms with Crippen LogP contribution in [-0.2, 0) is 19.2 Å². The van der Waals surface area contributed by atoms with Gasteiger partial charge in [0.2, 0.25) is 17.7 Å². The van der Waals surface area contributed by atoms with E-state index >= 15 is 0 Å². The van der Waals surface area contributed by atoms with E-state index in [9.17, 15) is 33.9 Å². The number of aromatic carboxylic acids is 1. The van der Waals surface area contributed by atoms with Gasteiger partial charge in [-0.1, -0.05) is 33.8 Å². The van der Waals surface area contributed by atoms with E-state index in [0.29, 0.717) is 0 Å². The lowest BCUT2D eigenvalue weighted by Gasteiger charge is -2.28. The van der Waals surface area contributed by atoms with Gasteiger partial charge >= 0.3 is 5.97 Å². The molecule has 43 heavy (non-hydrogen) atoms. The van der Waals surface area contributed by atoms with Gasteiger partial charge < -0.3 is 42.5 Å². The number of nitrogens with two attached hydrogens (primary N) is 1. The normalized spacial score (nSPS) is 13.8. The summed E-state index contributed by atoms with van der Waals surface area (Å²) in [5.41, 5.74) is 5.93. The molecule has 10 N–H and O–H groups in total. The maximum atomic E-state index is 13.1. The molecule has 2 aromatic rings. The van der Waals surface area contributed by atoms with Crippen molar-refractivity contribution in [1.29, 1.82) is 0 Å². The van der Waals surface area contributed by atoms with Gasteiger partial charge in [-0.3, -0.25) is 24.0 Å². The first-order chi connectivity index (χ1) is 20.2. The molecule has 0 bridgehead atoms. The third-order valence-electron chi connectivity index (χ3n) is 6.01. The third-order valence-corrected chi connectivity index (χ3v) is 6.01. The fourth-order valence-electron chi connectivity index (χ4n) is 3.56. The minimum Gasteiger partial charge on any atom is -0.478 e. The van der Waals surface area contributed by atoms with Gasteiger partial charge in [-0.15, -0.1) is 10.2 Å². The fourth-order valence-corrected chi connectivity index (χ4v) is 3.56. The van der Waals surface area contributed by atoms with Crippen molar-refractivity contribution in [2.75, 3.05) is 18.4 Å². The minimum absolute atomic E-state index is 0.0683. The molecule has 1 aromatic carbocycles. The first-order valence-electron chi connectivity index (χ1n) is 13.2. The number of carboxylic acid groups (broad SMARTS) is 1. The van der Waals surface area contributed by atoms with Crippen LogP contribution in [0.1, 0.15) is 48.7 Å². The predicted octanol–water partition coefficient (Wildman–Crippen LogP) is -2.65. The molecule has 0 saturated heterocycles. The Bertz CT molecular complexity index is 1300. The molecular formula is C25H36N10O8. The highest BCUT2D eigenvalue weighted by Gasteiger charge is 2.32. The number of carboxylic acids is 1. The number of aromatic amines is 1. The number of hydrogen-bond acceptors (Lipinski definition) is 11. The van der Waals surface area contributed by atoms with E-state index in [1.807, 2.05) is 0 Å². The van der Waals surface area contributed by atoms with Gasteiger partial charge in [0.25, 0.3) is 17.6 Å². The maximum Gasteiger partial charge on any atom is 0.335 e. The van der Waals surface area contributed by atoms with Crippen LogP contribution in [0.4, 0.5) is 5.69 Å². The summed E-state index contributed by atoms with van der Waals surface area (Å²) in [5.74, 6) is -6.02. The highest BCUT2D eigenvalue weighted by molar-refractivity contribution is 5.97. The molecule has 1 unspecified atom stereocenters. The highest BCUT2D eigenvalue weighted by atomic mass is 16.4. The quantitative estimate of drug-likeness (QED) is 0.101. The van der Waals surface area contributed by atoms with Crippen molar-refractivity contribution in [1.82, 2.24) is 41.9 Å². The second-order valence-electron chi connectivity index (χ2n) is 10.1. The predicted molar refractivity (Wildman–Crippen MR) is 149 cm³/mol. The molecule has 234 valence electrons. The lowest BCUT2D eigenvalue weighted by molar-refractivity contribution is -0.134.